The van der Waals surface area contributed by atoms with E-state index in [1.165, 1.54) is 0 Å². The maximum Gasteiger partial charge on any atom is 0.332 e. The Hall–Kier alpha value is -4.30. The number of hydrogen-bond donors (Lipinski definition) is 0. The van der Waals surface area contributed by atoms with Crippen LogP contribution in [-0.2, 0) is 48.4 Å². The normalized spacial score (nSPS) is 17.6. The van der Waals surface area contributed by atoms with Gasteiger partial charge in [-0.2, -0.15) is 0 Å². The van der Waals surface area contributed by atoms with E-state index < -0.39 is 24.2 Å². The predicted molar refractivity (Wildman–Crippen MR) is 163 cm³/mol. The van der Waals surface area contributed by atoms with Crippen molar-refractivity contribution in [2.24, 2.45) is 0 Å². The number of rotatable bonds is 15. The molecule has 1 fully saturated rings. The molecule has 0 saturated carbocycles. The molecule has 0 spiro atoms. The third-order valence-corrected chi connectivity index (χ3v) is 7.53. The van der Waals surface area contributed by atoms with Crippen molar-refractivity contribution in [3.05, 3.63) is 144 Å². The van der Waals surface area contributed by atoms with Crippen LogP contribution in [0.25, 0.3) is 0 Å². The molecule has 1 saturated heterocycles. The second-order valence-corrected chi connectivity index (χ2v) is 10.5. The number of hydrogen-bond acceptors (Lipinski definition) is 6. The van der Waals surface area contributed by atoms with Gasteiger partial charge in [0.15, 0.2) is 6.10 Å². The van der Waals surface area contributed by atoms with Gasteiger partial charge in [0.05, 0.1) is 31.9 Å². The molecule has 0 bridgehead atoms. The molecule has 5 rings (SSSR count). The second-order valence-electron chi connectivity index (χ2n) is 10.5. The van der Waals surface area contributed by atoms with Gasteiger partial charge in [0.2, 0.25) is 0 Å². The van der Waals surface area contributed by atoms with Crippen LogP contribution in [0.15, 0.2) is 121 Å². The zero-order valence-corrected chi connectivity index (χ0v) is 24.3. The molecule has 43 heavy (non-hydrogen) atoms. The van der Waals surface area contributed by atoms with Gasteiger partial charge in [-0.05, 0) is 29.2 Å². The zero-order valence-electron chi connectivity index (χ0n) is 24.3. The molecule has 1 aliphatic heterocycles. The highest BCUT2D eigenvalue weighted by molar-refractivity contribution is 5.89. The van der Waals surface area contributed by atoms with Crippen LogP contribution in [0.4, 0.5) is 0 Å². The Morgan fingerprint density at radius 3 is 1.81 bits per heavy atom. The summed E-state index contributed by atoms with van der Waals surface area (Å²) < 4.78 is 23.9. The largest absolute Gasteiger partial charge is 0.461 e. The van der Waals surface area contributed by atoms with Crippen molar-refractivity contribution in [2.75, 3.05) is 13.2 Å². The lowest BCUT2D eigenvalue weighted by Gasteiger charge is -2.52. The third kappa shape index (κ3) is 8.17. The Labute approximate surface area is 253 Å². The van der Waals surface area contributed by atoms with E-state index in [9.17, 15) is 9.59 Å². The molecular formula is C36H37NO6. The molecule has 0 unspecified atom stereocenters. The summed E-state index contributed by atoms with van der Waals surface area (Å²) in [4.78, 5) is 28.1. The highest BCUT2D eigenvalue weighted by Gasteiger charge is 2.54. The van der Waals surface area contributed by atoms with Gasteiger partial charge in [-0.3, -0.25) is 4.79 Å². The highest BCUT2D eigenvalue weighted by Crippen LogP contribution is 2.37. The summed E-state index contributed by atoms with van der Waals surface area (Å²) >= 11 is 0. The second kappa shape index (κ2) is 15.3. The van der Waals surface area contributed by atoms with Crippen molar-refractivity contribution in [1.29, 1.82) is 0 Å². The van der Waals surface area contributed by atoms with Gasteiger partial charge in [-0.25, -0.2) is 4.79 Å². The molecule has 4 aromatic rings. The molecule has 7 heteroatoms. The van der Waals surface area contributed by atoms with E-state index in [4.69, 9.17) is 18.9 Å². The number of esters is 1. The number of ether oxygens (including phenoxy) is 4. The Morgan fingerprint density at radius 2 is 1.23 bits per heavy atom. The van der Waals surface area contributed by atoms with Gasteiger partial charge in [-0.15, -0.1) is 0 Å². The fourth-order valence-electron chi connectivity index (χ4n) is 5.22. The lowest BCUT2D eigenvalue weighted by molar-refractivity contribution is -0.203. The van der Waals surface area contributed by atoms with E-state index in [1.807, 2.05) is 128 Å². The van der Waals surface area contributed by atoms with Crippen LogP contribution in [0.5, 0.6) is 0 Å². The van der Waals surface area contributed by atoms with E-state index in [2.05, 4.69) is 0 Å². The average Bonchev–Trinajstić information content (AvgIpc) is 3.06. The smallest absolute Gasteiger partial charge is 0.332 e. The van der Waals surface area contributed by atoms with Crippen LogP contribution in [0, 0.1) is 0 Å². The number of carbonyl (C=O) groups excluding carboxylic acids is 2. The Morgan fingerprint density at radius 1 is 0.721 bits per heavy atom. The molecule has 7 nitrogen and oxygen atoms in total. The maximum absolute atomic E-state index is 13.6. The monoisotopic (exact) mass is 579 g/mol. The molecule has 222 valence electrons. The molecule has 1 heterocycles. The highest BCUT2D eigenvalue weighted by atomic mass is 16.6. The van der Waals surface area contributed by atoms with E-state index in [1.54, 1.807) is 4.90 Å². The van der Waals surface area contributed by atoms with E-state index in [0.29, 0.717) is 6.61 Å². The number of benzene rings is 4. The molecule has 0 N–H and O–H groups in total. The summed E-state index contributed by atoms with van der Waals surface area (Å²) in [7, 11) is 0. The molecule has 1 amide bonds. The summed E-state index contributed by atoms with van der Waals surface area (Å²) in [5.74, 6) is -0.623. The van der Waals surface area contributed by atoms with Gasteiger partial charge in [0, 0.05) is 0 Å². The molecule has 4 aromatic carbocycles. The molecule has 0 aromatic heterocycles. The summed E-state index contributed by atoms with van der Waals surface area (Å²) in [6, 6.07) is 38.3. The number of β-lactam (4-membered cyclic amide) rings is 1. The van der Waals surface area contributed by atoms with Crippen molar-refractivity contribution in [1.82, 2.24) is 4.90 Å². The third-order valence-electron chi connectivity index (χ3n) is 7.53. The Balaban J connectivity index is 1.32. The Kier molecular flexibility index (Phi) is 10.7. The van der Waals surface area contributed by atoms with Crippen molar-refractivity contribution in [3.63, 3.8) is 0 Å². The van der Waals surface area contributed by atoms with Gasteiger partial charge < -0.3 is 23.8 Å². The van der Waals surface area contributed by atoms with Crippen LogP contribution in [-0.4, -0.2) is 48.2 Å². The molecule has 4 atom stereocenters. The lowest BCUT2D eigenvalue weighted by Crippen LogP contribution is -2.71. The topological polar surface area (TPSA) is 74.3 Å². The van der Waals surface area contributed by atoms with Crippen molar-refractivity contribution in [2.45, 2.75) is 51.0 Å². The van der Waals surface area contributed by atoms with E-state index in [0.717, 1.165) is 22.3 Å². The average molecular weight is 580 g/mol. The first-order valence-corrected chi connectivity index (χ1v) is 14.6. The standard InChI is InChI=1S/C36H37NO6/c1-27(31-20-12-5-13-21-31)37-34(35(36(37)39)43-24-30-18-10-4-11-19-30)32(41-23-29-16-8-3-9-17-29)25-42-33(38)26-40-22-28-14-6-2-7-15-28/h2-21,27,32,34-35H,22-26H2,1H3/t27-,32+,34-,35+/m1/s1. The minimum absolute atomic E-state index is 0.0541. The summed E-state index contributed by atoms with van der Waals surface area (Å²) in [5, 5.41) is 0. The van der Waals surface area contributed by atoms with Gasteiger partial charge in [-0.1, -0.05) is 121 Å². The lowest BCUT2D eigenvalue weighted by atomic mass is 9.88. The number of amides is 1. The fraction of sp³-hybridized carbons (Fsp3) is 0.278. The molecular weight excluding hydrogens is 542 g/mol. The van der Waals surface area contributed by atoms with Crippen LogP contribution in [0.2, 0.25) is 0 Å². The summed E-state index contributed by atoms with van der Waals surface area (Å²) in [6.45, 7) is 2.62. The van der Waals surface area contributed by atoms with Gasteiger partial charge in [0.1, 0.15) is 19.3 Å². The van der Waals surface area contributed by atoms with Crippen molar-refractivity contribution in [3.8, 4) is 0 Å². The van der Waals surface area contributed by atoms with Gasteiger partial charge >= 0.3 is 5.97 Å². The van der Waals surface area contributed by atoms with Gasteiger partial charge in [0.25, 0.3) is 5.91 Å². The van der Waals surface area contributed by atoms with Crippen molar-refractivity contribution < 1.29 is 28.5 Å². The SMILES string of the molecule is C[C@H](c1ccccc1)N1C(=O)[C@@H](OCc2ccccc2)[C@H]1[C@H](COC(=O)COCc1ccccc1)OCc1ccccc1. The predicted octanol–water partition coefficient (Wildman–Crippen LogP) is 5.89. The summed E-state index contributed by atoms with van der Waals surface area (Å²) in [5.41, 5.74) is 3.90. The van der Waals surface area contributed by atoms with E-state index in [-0.39, 0.29) is 38.4 Å². The minimum atomic E-state index is -0.750. The minimum Gasteiger partial charge on any atom is -0.461 e. The van der Waals surface area contributed by atoms with Crippen LogP contribution in [0.1, 0.15) is 35.2 Å². The number of carbonyl (C=O) groups is 2. The first kappa shape index (κ1) is 30.2. The van der Waals surface area contributed by atoms with Crippen LogP contribution < -0.4 is 0 Å². The Bertz CT molecular complexity index is 1420. The molecule has 0 radical (unpaired) electrons. The molecule has 0 aliphatic carbocycles. The first-order chi connectivity index (χ1) is 21.1. The quantitative estimate of drug-likeness (QED) is 0.129. The fourth-order valence-corrected chi connectivity index (χ4v) is 5.22. The first-order valence-electron chi connectivity index (χ1n) is 14.6. The van der Waals surface area contributed by atoms with Crippen molar-refractivity contribution >= 4 is 11.9 Å². The maximum atomic E-state index is 13.6. The number of likely N-dealkylation sites (tertiary alicyclic amines) is 1. The van der Waals surface area contributed by atoms with Crippen LogP contribution >= 0.6 is 0 Å². The zero-order chi connectivity index (χ0) is 29.9. The molecule has 1 aliphatic rings. The number of nitrogens with zero attached hydrogens (tertiary/aromatic N) is 1. The van der Waals surface area contributed by atoms with Crippen LogP contribution in [0.3, 0.4) is 0 Å². The van der Waals surface area contributed by atoms with E-state index >= 15 is 0 Å². The summed E-state index contributed by atoms with van der Waals surface area (Å²) in [6.07, 6.45) is -1.39.